The largest absolute Gasteiger partial charge is 0.381 e. The number of hydrogen-bond donors (Lipinski definition) is 1. The molecule has 3 rings (SSSR count). The second kappa shape index (κ2) is 4.84. The number of benzene rings is 1. The second-order valence-electron chi connectivity index (χ2n) is 6.23. The molecule has 0 bridgehead atoms. The van der Waals surface area contributed by atoms with E-state index >= 15 is 0 Å². The van der Waals surface area contributed by atoms with Crippen molar-refractivity contribution < 1.29 is 0 Å². The third-order valence-corrected chi connectivity index (χ3v) is 3.44. The molecule has 0 unspecified atom stereocenters. The monoisotopic (exact) mass is 281 g/mol. The van der Waals surface area contributed by atoms with E-state index in [0.717, 1.165) is 22.3 Å². The molecule has 0 spiro atoms. The molecule has 0 saturated carbocycles. The first-order valence-electron chi connectivity index (χ1n) is 6.99. The summed E-state index contributed by atoms with van der Waals surface area (Å²) in [4.78, 5) is 4.67. The minimum Gasteiger partial charge on any atom is -0.381 e. The molecule has 0 aliphatic heterocycles. The molecule has 5 nitrogen and oxygen atoms in total. The van der Waals surface area contributed by atoms with Crippen molar-refractivity contribution in [3.05, 3.63) is 47.8 Å². The second-order valence-corrected chi connectivity index (χ2v) is 6.23. The van der Waals surface area contributed by atoms with Crippen LogP contribution in [0.4, 0.5) is 5.82 Å². The van der Waals surface area contributed by atoms with Crippen LogP contribution >= 0.6 is 0 Å². The number of para-hydroxylation sites is 1. The Morgan fingerprint density at radius 3 is 2.62 bits per heavy atom. The van der Waals surface area contributed by atoms with E-state index in [9.17, 15) is 0 Å². The van der Waals surface area contributed by atoms with Crippen molar-refractivity contribution in [1.82, 2.24) is 20.0 Å². The van der Waals surface area contributed by atoms with Crippen molar-refractivity contribution in [2.45, 2.75) is 32.7 Å². The molecule has 2 heterocycles. The third kappa shape index (κ3) is 2.59. The van der Waals surface area contributed by atoms with Crippen LogP contribution in [0.2, 0.25) is 0 Å². The fourth-order valence-electron chi connectivity index (χ4n) is 2.56. The average molecular weight is 281 g/mol. The molecule has 0 radical (unpaired) electrons. The van der Waals surface area contributed by atoms with Gasteiger partial charge in [0.05, 0.1) is 23.4 Å². The highest BCUT2D eigenvalue weighted by atomic mass is 15.4. The summed E-state index contributed by atoms with van der Waals surface area (Å²) in [6.45, 7) is 6.88. The zero-order valence-corrected chi connectivity index (χ0v) is 12.5. The van der Waals surface area contributed by atoms with Gasteiger partial charge in [0.15, 0.2) is 5.82 Å². The normalized spacial score (nSPS) is 12.0. The van der Waals surface area contributed by atoms with Gasteiger partial charge in [0, 0.05) is 10.8 Å². The van der Waals surface area contributed by atoms with Gasteiger partial charge < -0.3 is 5.73 Å². The first-order valence-corrected chi connectivity index (χ1v) is 6.99. The van der Waals surface area contributed by atoms with Crippen molar-refractivity contribution in [3.8, 4) is 0 Å². The van der Waals surface area contributed by atoms with E-state index in [-0.39, 0.29) is 5.41 Å². The Kier molecular flexibility index (Phi) is 3.12. The maximum atomic E-state index is 5.96. The number of hydrogen-bond acceptors (Lipinski definition) is 4. The summed E-state index contributed by atoms with van der Waals surface area (Å²) in [5.41, 5.74) is 8.73. The summed E-state index contributed by atoms with van der Waals surface area (Å²) in [6, 6.07) is 12.2. The first kappa shape index (κ1) is 13.5. The van der Waals surface area contributed by atoms with E-state index in [1.165, 1.54) is 0 Å². The highest BCUT2D eigenvalue weighted by molar-refractivity contribution is 5.78. The summed E-state index contributed by atoms with van der Waals surface area (Å²) < 4.78 is 1.84. The van der Waals surface area contributed by atoms with E-state index < -0.39 is 0 Å². The van der Waals surface area contributed by atoms with Crippen LogP contribution in [0.1, 0.15) is 32.2 Å². The lowest BCUT2D eigenvalue weighted by molar-refractivity contribution is 0.500. The van der Waals surface area contributed by atoms with Crippen molar-refractivity contribution in [2.75, 3.05) is 5.73 Å². The maximum Gasteiger partial charge on any atom is 0.169 e. The number of anilines is 1. The van der Waals surface area contributed by atoms with Gasteiger partial charge in [0.1, 0.15) is 0 Å². The van der Waals surface area contributed by atoms with Crippen LogP contribution in [0.3, 0.4) is 0 Å². The molecular weight excluding hydrogens is 262 g/mol. The highest BCUT2D eigenvalue weighted by Crippen LogP contribution is 2.26. The summed E-state index contributed by atoms with van der Waals surface area (Å²) >= 11 is 0. The lowest BCUT2D eigenvalue weighted by atomic mass is 9.92. The molecule has 21 heavy (non-hydrogen) atoms. The van der Waals surface area contributed by atoms with Gasteiger partial charge in [0.25, 0.3) is 0 Å². The quantitative estimate of drug-likeness (QED) is 0.784. The number of nitrogens with zero attached hydrogens (tertiary/aromatic N) is 4. The maximum absolute atomic E-state index is 5.96. The van der Waals surface area contributed by atoms with Crippen molar-refractivity contribution in [2.24, 2.45) is 0 Å². The van der Waals surface area contributed by atoms with Crippen molar-refractivity contribution in [3.63, 3.8) is 0 Å². The summed E-state index contributed by atoms with van der Waals surface area (Å²) in [5.74, 6) is 0.489. The molecule has 3 aromatic rings. The van der Waals surface area contributed by atoms with Crippen molar-refractivity contribution >= 4 is 16.7 Å². The number of rotatable bonds is 2. The molecule has 108 valence electrons. The van der Waals surface area contributed by atoms with Crippen LogP contribution in [-0.2, 0) is 12.0 Å². The van der Waals surface area contributed by atoms with Crippen molar-refractivity contribution in [1.29, 1.82) is 0 Å². The van der Waals surface area contributed by atoms with Gasteiger partial charge in [-0.3, -0.25) is 4.98 Å². The standard InChI is InChI=1S/C16H19N5/c1-16(2,3)14-15(17)19-20-21(14)10-12-9-8-11-6-4-5-7-13(11)18-12/h4-9H,10,17H2,1-3H3. The van der Waals surface area contributed by atoms with E-state index in [1.807, 2.05) is 28.9 Å². The van der Waals surface area contributed by atoms with Gasteiger partial charge in [-0.15, -0.1) is 5.10 Å². The van der Waals surface area contributed by atoms with Gasteiger partial charge in [-0.25, -0.2) is 4.68 Å². The lowest BCUT2D eigenvalue weighted by Crippen LogP contribution is -2.20. The van der Waals surface area contributed by atoms with Gasteiger partial charge in [-0.1, -0.05) is 50.3 Å². The van der Waals surface area contributed by atoms with Gasteiger partial charge in [-0.05, 0) is 12.1 Å². The molecule has 0 aliphatic carbocycles. The number of fused-ring (bicyclic) bond motifs is 1. The van der Waals surface area contributed by atoms with Crippen LogP contribution in [0.15, 0.2) is 36.4 Å². The Hall–Kier alpha value is -2.43. The molecule has 0 amide bonds. The minimum absolute atomic E-state index is 0.107. The predicted molar refractivity (Wildman–Crippen MR) is 84.0 cm³/mol. The number of nitrogen functional groups attached to an aromatic ring is 1. The van der Waals surface area contributed by atoms with Crippen LogP contribution in [0.5, 0.6) is 0 Å². The van der Waals surface area contributed by atoms with E-state index in [2.05, 4.69) is 48.2 Å². The fraction of sp³-hybridized carbons (Fsp3) is 0.312. The summed E-state index contributed by atoms with van der Waals surface area (Å²) in [5, 5.41) is 9.30. The highest BCUT2D eigenvalue weighted by Gasteiger charge is 2.24. The zero-order chi connectivity index (χ0) is 15.0. The van der Waals surface area contributed by atoms with E-state index in [0.29, 0.717) is 12.4 Å². The Morgan fingerprint density at radius 2 is 1.86 bits per heavy atom. The Morgan fingerprint density at radius 1 is 1.10 bits per heavy atom. The molecule has 1 aromatic carbocycles. The smallest absolute Gasteiger partial charge is 0.169 e. The average Bonchev–Trinajstić information content (AvgIpc) is 2.79. The Bertz CT molecular complexity index is 783. The molecular formula is C16H19N5. The predicted octanol–water partition coefficient (Wildman–Crippen LogP) is 2.75. The molecule has 2 N–H and O–H groups in total. The lowest BCUT2D eigenvalue weighted by Gasteiger charge is -2.20. The van der Waals surface area contributed by atoms with Crippen LogP contribution in [-0.4, -0.2) is 20.0 Å². The minimum atomic E-state index is -0.107. The van der Waals surface area contributed by atoms with Crippen LogP contribution in [0.25, 0.3) is 10.9 Å². The molecule has 0 atom stereocenters. The van der Waals surface area contributed by atoms with E-state index in [1.54, 1.807) is 0 Å². The summed E-state index contributed by atoms with van der Waals surface area (Å²) in [6.07, 6.45) is 0. The Balaban J connectivity index is 1.99. The molecule has 0 fully saturated rings. The third-order valence-electron chi connectivity index (χ3n) is 3.44. The van der Waals surface area contributed by atoms with E-state index in [4.69, 9.17) is 5.73 Å². The van der Waals surface area contributed by atoms with Crippen LogP contribution in [0, 0.1) is 0 Å². The van der Waals surface area contributed by atoms with Gasteiger partial charge >= 0.3 is 0 Å². The fourth-order valence-corrected chi connectivity index (χ4v) is 2.56. The van der Waals surface area contributed by atoms with Crippen LogP contribution < -0.4 is 5.73 Å². The Labute approximate surface area is 123 Å². The zero-order valence-electron chi connectivity index (χ0n) is 12.5. The molecule has 0 saturated heterocycles. The number of aromatic nitrogens is 4. The van der Waals surface area contributed by atoms with Gasteiger partial charge in [-0.2, -0.15) is 0 Å². The summed E-state index contributed by atoms with van der Waals surface area (Å²) in [7, 11) is 0. The number of nitrogens with two attached hydrogens (primary N) is 1. The molecule has 5 heteroatoms. The topological polar surface area (TPSA) is 69.6 Å². The first-order chi connectivity index (χ1) is 9.95. The SMILES string of the molecule is CC(C)(C)c1c(N)nnn1Cc1ccc2ccccc2n1. The number of pyridine rings is 1. The van der Waals surface area contributed by atoms with Gasteiger partial charge in [0.2, 0.25) is 0 Å². The molecule has 0 aliphatic rings. The molecule has 2 aromatic heterocycles.